The number of ether oxygens (including phenoxy) is 2. The molecule has 0 aromatic heterocycles. The van der Waals surface area contributed by atoms with Gasteiger partial charge in [0.2, 0.25) is 0 Å². The fraction of sp³-hybridized carbons (Fsp3) is 0.350. The van der Waals surface area contributed by atoms with Crippen LogP contribution < -0.4 is 14.8 Å². The first-order chi connectivity index (χ1) is 12.1. The summed E-state index contributed by atoms with van der Waals surface area (Å²) in [7, 11) is 0. The average molecular weight is 362 g/mol. The molecule has 0 aliphatic heterocycles. The highest BCUT2D eigenvalue weighted by molar-refractivity contribution is 6.30. The van der Waals surface area contributed by atoms with Crippen molar-refractivity contribution in [1.82, 2.24) is 5.32 Å². The van der Waals surface area contributed by atoms with Gasteiger partial charge in [0.25, 0.3) is 5.91 Å². The Morgan fingerprint density at radius 3 is 2.60 bits per heavy atom. The monoisotopic (exact) mass is 361 g/mol. The lowest BCUT2D eigenvalue weighted by Gasteiger charge is -2.15. The molecule has 4 nitrogen and oxygen atoms in total. The van der Waals surface area contributed by atoms with Crippen LogP contribution in [0.25, 0.3) is 0 Å². The predicted molar refractivity (Wildman–Crippen MR) is 100 cm³/mol. The van der Waals surface area contributed by atoms with E-state index >= 15 is 0 Å². The number of carbonyl (C=O) groups excluding carboxylic acids is 1. The van der Waals surface area contributed by atoms with Gasteiger partial charge in [0.1, 0.15) is 11.5 Å². The third-order valence-corrected chi connectivity index (χ3v) is 3.89. The summed E-state index contributed by atoms with van der Waals surface area (Å²) < 4.78 is 11.0. The van der Waals surface area contributed by atoms with Gasteiger partial charge < -0.3 is 14.8 Å². The molecule has 0 bridgehead atoms. The van der Waals surface area contributed by atoms with Crippen molar-refractivity contribution in [2.45, 2.75) is 32.8 Å². The van der Waals surface area contributed by atoms with Crippen LogP contribution in [-0.4, -0.2) is 25.2 Å². The summed E-state index contributed by atoms with van der Waals surface area (Å²) in [6.45, 7) is 4.96. The summed E-state index contributed by atoms with van der Waals surface area (Å²) in [5, 5.41) is 3.48. The predicted octanol–water partition coefficient (Wildman–Crippen LogP) is 4.26. The molecular weight excluding hydrogens is 338 g/mol. The lowest BCUT2D eigenvalue weighted by molar-refractivity contribution is -0.127. The normalized spacial score (nSPS) is 11.6. The lowest BCUT2D eigenvalue weighted by Crippen LogP contribution is -2.36. The van der Waals surface area contributed by atoms with E-state index in [1.54, 1.807) is 31.2 Å². The Bertz CT molecular complexity index is 673. The molecule has 0 aliphatic rings. The molecule has 134 valence electrons. The molecule has 0 heterocycles. The van der Waals surface area contributed by atoms with Crippen molar-refractivity contribution < 1.29 is 14.3 Å². The molecule has 25 heavy (non-hydrogen) atoms. The highest BCUT2D eigenvalue weighted by atomic mass is 35.5. The molecule has 0 radical (unpaired) electrons. The fourth-order valence-corrected chi connectivity index (χ4v) is 2.55. The molecule has 1 N–H and O–H groups in total. The largest absolute Gasteiger partial charge is 0.494 e. The minimum absolute atomic E-state index is 0.133. The van der Waals surface area contributed by atoms with Crippen molar-refractivity contribution in [3.05, 3.63) is 59.1 Å². The molecule has 2 aromatic carbocycles. The first kappa shape index (κ1) is 19.1. The van der Waals surface area contributed by atoms with Gasteiger partial charge in [-0.2, -0.15) is 0 Å². The quantitative estimate of drug-likeness (QED) is 0.679. The molecule has 1 unspecified atom stereocenters. The lowest BCUT2D eigenvalue weighted by atomic mass is 10.1. The second-order valence-electron chi connectivity index (χ2n) is 5.69. The second-order valence-corrected chi connectivity index (χ2v) is 6.13. The van der Waals surface area contributed by atoms with Crippen LogP contribution in [-0.2, 0) is 11.2 Å². The summed E-state index contributed by atoms with van der Waals surface area (Å²) in [6, 6.07) is 15.1. The molecule has 0 spiro atoms. The molecule has 0 saturated heterocycles. The third kappa shape index (κ3) is 6.67. The maximum absolute atomic E-state index is 12.1. The van der Waals surface area contributed by atoms with E-state index in [-0.39, 0.29) is 5.91 Å². The van der Waals surface area contributed by atoms with Crippen LogP contribution in [0.2, 0.25) is 5.02 Å². The van der Waals surface area contributed by atoms with Gasteiger partial charge in [-0.1, -0.05) is 29.8 Å². The minimum Gasteiger partial charge on any atom is -0.494 e. The number of halogens is 1. The van der Waals surface area contributed by atoms with Crippen molar-refractivity contribution in [3.8, 4) is 11.5 Å². The van der Waals surface area contributed by atoms with Gasteiger partial charge in [0.15, 0.2) is 6.10 Å². The standard InChI is InChI=1S/C20H24ClNO3/c1-3-24-18-11-9-16(10-12-18)6-5-13-22-20(23)15(2)25-19-8-4-7-17(21)14-19/h4,7-12,14-15H,3,5-6,13H2,1-2H3,(H,22,23). The van der Waals surface area contributed by atoms with Gasteiger partial charge in [0.05, 0.1) is 6.61 Å². The molecule has 0 aliphatic carbocycles. The zero-order valence-electron chi connectivity index (χ0n) is 14.6. The number of rotatable bonds is 9. The summed E-state index contributed by atoms with van der Waals surface area (Å²) in [5.41, 5.74) is 1.22. The van der Waals surface area contributed by atoms with E-state index in [9.17, 15) is 4.79 Å². The van der Waals surface area contributed by atoms with E-state index in [1.807, 2.05) is 19.1 Å². The van der Waals surface area contributed by atoms with Crippen LogP contribution in [0.15, 0.2) is 48.5 Å². The fourth-order valence-electron chi connectivity index (χ4n) is 2.36. The highest BCUT2D eigenvalue weighted by Gasteiger charge is 2.14. The van der Waals surface area contributed by atoms with Crippen molar-refractivity contribution in [2.24, 2.45) is 0 Å². The Morgan fingerprint density at radius 1 is 1.16 bits per heavy atom. The number of benzene rings is 2. The van der Waals surface area contributed by atoms with E-state index < -0.39 is 6.10 Å². The Kier molecular flexibility index (Phi) is 7.61. The number of hydrogen-bond acceptors (Lipinski definition) is 3. The first-order valence-corrected chi connectivity index (χ1v) is 8.88. The van der Waals surface area contributed by atoms with Gasteiger partial charge >= 0.3 is 0 Å². The van der Waals surface area contributed by atoms with Gasteiger partial charge in [-0.05, 0) is 62.6 Å². The number of carbonyl (C=O) groups is 1. The average Bonchev–Trinajstić information content (AvgIpc) is 2.60. The molecule has 0 saturated carbocycles. The number of amides is 1. The highest BCUT2D eigenvalue weighted by Crippen LogP contribution is 2.18. The zero-order valence-corrected chi connectivity index (χ0v) is 15.4. The van der Waals surface area contributed by atoms with E-state index in [0.717, 1.165) is 18.6 Å². The molecule has 1 amide bonds. The molecule has 1 atom stereocenters. The smallest absolute Gasteiger partial charge is 0.260 e. The van der Waals surface area contributed by atoms with Crippen LogP contribution in [0, 0.1) is 0 Å². The van der Waals surface area contributed by atoms with E-state index in [4.69, 9.17) is 21.1 Å². The summed E-state index contributed by atoms with van der Waals surface area (Å²) in [6.07, 6.45) is 1.20. The molecular formula is C20H24ClNO3. The second kappa shape index (κ2) is 9.94. The Hall–Kier alpha value is -2.20. The maximum atomic E-state index is 12.1. The molecule has 2 rings (SSSR count). The van der Waals surface area contributed by atoms with Gasteiger partial charge in [-0.15, -0.1) is 0 Å². The van der Waals surface area contributed by atoms with Crippen molar-refractivity contribution in [2.75, 3.05) is 13.2 Å². The van der Waals surface area contributed by atoms with E-state index in [0.29, 0.717) is 23.9 Å². The summed E-state index contributed by atoms with van der Waals surface area (Å²) in [4.78, 5) is 12.1. The number of nitrogens with one attached hydrogen (secondary N) is 1. The topological polar surface area (TPSA) is 47.6 Å². The molecule has 5 heteroatoms. The van der Waals surface area contributed by atoms with Crippen molar-refractivity contribution >= 4 is 17.5 Å². The zero-order chi connectivity index (χ0) is 18.1. The maximum Gasteiger partial charge on any atom is 0.260 e. The Labute approximate surface area is 154 Å². The minimum atomic E-state index is -0.566. The van der Waals surface area contributed by atoms with Gasteiger partial charge in [0, 0.05) is 11.6 Å². The number of aryl methyl sites for hydroxylation is 1. The van der Waals surface area contributed by atoms with Crippen LogP contribution >= 0.6 is 11.6 Å². The van der Waals surface area contributed by atoms with Crippen LogP contribution in [0.5, 0.6) is 11.5 Å². The van der Waals surface area contributed by atoms with Gasteiger partial charge in [-0.25, -0.2) is 0 Å². The van der Waals surface area contributed by atoms with Crippen molar-refractivity contribution in [3.63, 3.8) is 0 Å². The van der Waals surface area contributed by atoms with Crippen molar-refractivity contribution in [1.29, 1.82) is 0 Å². The van der Waals surface area contributed by atoms with Crippen LogP contribution in [0.3, 0.4) is 0 Å². The molecule has 2 aromatic rings. The third-order valence-electron chi connectivity index (χ3n) is 3.65. The summed E-state index contributed by atoms with van der Waals surface area (Å²) >= 11 is 5.91. The van der Waals surface area contributed by atoms with Crippen LogP contribution in [0.1, 0.15) is 25.8 Å². The van der Waals surface area contributed by atoms with Gasteiger partial charge in [-0.3, -0.25) is 4.79 Å². The Balaban J connectivity index is 1.69. The van der Waals surface area contributed by atoms with Crippen LogP contribution in [0.4, 0.5) is 0 Å². The number of hydrogen-bond donors (Lipinski definition) is 1. The molecule has 0 fully saturated rings. The first-order valence-electron chi connectivity index (χ1n) is 8.50. The van der Waals surface area contributed by atoms with E-state index in [1.165, 1.54) is 5.56 Å². The Morgan fingerprint density at radius 2 is 1.92 bits per heavy atom. The van der Waals surface area contributed by atoms with E-state index in [2.05, 4.69) is 17.4 Å². The SMILES string of the molecule is CCOc1ccc(CCCNC(=O)C(C)Oc2cccc(Cl)c2)cc1. The summed E-state index contributed by atoms with van der Waals surface area (Å²) in [5.74, 6) is 1.34.